The van der Waals surface area contributed by atoms with E-state index in [1.165, 1.54) is 6.20 Å². The lowest BCUT2D eigenvalue weighted by atomic mass is 10.1. The van der Waals surface area contributed by atoms with Crippen molar-refractivity contribution in [3.8, 4) is 0 Å². The fraction of sp³-hybridized carbons (Fsp3) is 0.667. The molecule has 0 saturated heterocycles. The summed E-state index contributed by atoms with van der Waals surface area (Å²) in [6.45, 7) is 7.57. The van der Waals surface area contributed by atoms with Crippen molar-refractivity contribution in [2.75, 3.05) is 0 Å². The van der Waals surface area contributed by atoms with Crippen molar-refractivity contribution in [3.05, 3.63) is 24.4 Å². The quantitative estimate of drug-likeness (QED) is 0.285. The van der Waals surface area contributed by atoms with Crippen LogP contribution in [0, 0.1) is 0 Å². The monoisotopic (exact) mass is 275 g/mol. The number of aliphatic imine (C=N–C) groups is 1. The number of rotatable bonds is 9. The van der Waals surface area contributed by atoms with Crippen LogP contribution in [0.2, 0.25) is 0 Å². The molecule has 0 rings (SSSR count). The van der Waals surface area contributed by atoms with E-state index in [-0.39, 0.29) is 6.42 Å². The average molecular weight is 275 g/mol. The van der Waals surface area contributed by atoms with E-state index in [1.54, 1.807) is 6.08 Å². The van der Waals surface area contributed by atoms with Crippen molar-refractivity contribution < 1.29 is 13.2 Å². The second-order valence-electron chi connectivity index (χ2n) is 4.54. The van der Waals surface area contributed by atoms with Crippen LogP contribution in [0.25, 0.3) is 0 Å². The Labute approximate surface area is 114 Å². The van der Waals surface area contributed by atoms with Crippen LogP contribution in [0.4, 0.5) is 13.2 Å². The molecule has 1 nitrogen and oxygen atoms in total. The number of nitrogens with zero attached hydrogens (tertiary/aromatic N) is 1. The zero-order valence-electron chi connectivity index (χ0n) is 11.9. The summed E-state index contributed by atoms with van der Waals surface area (Å²) in [7, 11) is 0. The Kier molecular flexibility index (Phi) is 9.27. The molecule has 0 aliphatic carbocycles. The van der Waals surface area contributed by atoms with E-state index in [4.69, 9.17) is 0 Å². The van der Waals surface area contributed by atoms with Crippen LogP contribution in [0.1, 0.15) is 58.8 Å². The van der Waals surface area contributed by atoms with Gasteiger partial charge in [-0.1, -0.05) is 45.8 Å². The van der Waals surface area contributed by atoms with Gasteiger partial charge in [-0.25, -0.2) is 0 Å². The van der Waals surface area contributed by atoms with Crippen LogP contribution in [0.3, 0.4) is 0 Å². The van der Waals surface area contributed by atoms with Crippen LogP contribution in [0.5, 0.6) is 0 Å². The Morgan fingerprint density at radius 1 is 1.05 bits per heavy atom. The van der Waals surface area contributed by atoms with Crippen LogP contribution in [0.15, 0.2) is 29.4 Å². The van der Waals surface area contributed by atoms with Crippen LogP contribution >= 0.6 is 0 Å². The summed E-state index contributed by atoms with van der Waals surface area (Å²) in [5.41, 5.74) is 0.0795. The molecule has 0 saturated carbocycles. The minimum absolute atomic E-state index is 0.0180. The summed E-state index contributed by atoms with van der Waals surface area (Å²) < 4.78 is 38.2. The Bertz CT molecular complexity index is 314. The molecule has 0 N–H and O–H groups in total. The SMILES string of the molecule is C=C/C(=C\N=C(/CCCC)C(F)(F)F)CCCCC. The first-order chi connectivity index (χ1) is 8.95. The normalized spacial score (nSPS) is 13.7. The summed E-state index contributed by atoms with van der Waals surface area (Å²) >= 11 is 0. The third-order valence-electron chi connectivity index (χ3n) is 2.81. The number of hydrogen-bond donors (Lipinski definition) is 0. The Balaban J connectivity index is 4.74. The zero-order valence-corrected chi connectivity index (χ0v) is 11.9. The molecule has 0 aliphatic rings. The average Bonchev–Trinajstić information content (AvgIpc) is 2.35. The van der Waals surface area contributed by atoms with Crippen LogP contribution in [-0.2, 0) is 0 Å². The summed E-state index contributed by atoms with van der Waals surface area (Å²) in [6, 6.07) is 0. The van der Waals surface area contributed by atoms with Crippen molar-refractivity contribution in [1.29, 1.82) is 0 Å². The first-order valence-corrected chi connectivity index (χ1v) is 6.91. The highest BCUT2D eigenvalue weighted by Gasteiger charge is 2.34. The molecule has 0 aromatic rings. The molecule has 0 bridgehead atoms. The van der Waals surface area contributed by atoms with E-state index in [0.717, 1.165) is 37.7 Å². The van der Waals surface area contributed by atoms with Gasteiger partial charge in [-0.05, 0) is 31.3 Å². The maximum Gasteiger partial charge on any atom is 0.429 e. The van der Waals surface area contributed by atoms with Crippen LogP contribution < -0.4 is 0 Å². The topological polar surface area (TPSA) is 12.4 Å². The number of halogens is 3. The highest BCUT2D eigenvalue weighted by Crippen LogP contribution is 2.22. The van der Waals surface area contributed by atoms with E-state index < -0.39 is 11.9 Å². The lowest BCUT2D eigenvalue weighted by Crippen LogP contribution is -2.22. The van der Waals surface area contributed by atoms with Crippen molar-refractivity contribution in [2.45, 2.75) is 65.0 Å². The summed E-state index contributed by atoms with van der Waals surface area (Å²) in [5, 5.41) is 0. The number of unbranched alkanes of at least 4 members (excludes halogenated alkanes) is 3. The van der Waals surface area contributed by atoms with E-state index >= 15 is 0 Å². The first kappa shape index (κ1) is 17.9. The van der Waals surface area contributed by atoms with Gasteiger partial charge in [0.1, 0.15) is 5.71 Å². The van der Waals surface area contributed by atoms with E-state index in [9.17, 15) is 13.2 Å². The van der Waals surface area contributed by atoms with Gasteiger partial charge < -0.3 is 0 Å². The van der Waals surface area contributed by atoms with E-state index in [1.807, 2.05) is 6.92 Å². The Hall–Kier alpha value is -1.06. The number of hydrogen-bond acceptors (Lipinski definition) is 1. The minimum atomic E-state index is -4.33. The molecule has 19 heavy (non-hydrogen) atoms. The minimum Gasteiger partial charge on any atom is -0.256 e. The standard InChI is InChI=1S/C15H24F3N/c1-4-7-9-10-13(6-3)12-19-14(11-8-5-2)15(16,17)18/h6,12H,3-5,7-11H2,1-2H3/b13-12+,19-14+. The molecular formula is C15H24F3N. The van der Waals surface area contributed by atoms with Crippen LogP contribution in [-0.4, -0.2) is 11.9 Å². The smallest absolute Gasteiger partial charge is 0.256 e. The molecule has 0 spiro atoms. The third kappa shape index (κ3) is 8.62. The van der Waals surface area contributed by atoms with Gasteiger partial charge in [0.25, 0.3) is 0 Å². The fourth-order valence-corrected chi connectivity index (χ4v) is 1.58. The summed E-state index contributed by atoms with van der Waals surface area (Å²) in [6.07, 6.45) is 3.63. The van der Waals surface area contributed by atoms with Crippen molar-refractivity contribution in [1.82, 2.24) is 0 Å². The number of allylic oxidation sites excluding steroid dienone is 2. The molecule has 0 atom stereocenters. The molecule has 0 aromatic carbocycles. The predicted octanol–water partition coefficient (Wildman–Crippen LogP) is 5.83. The molecule has 0 aromatic heterocycles. The van der Waals surface area contributed by atoms with Crippen molar-refractivity contribution in [3.63, 3.8) is 0 Å². The molecule has 4 heteroatoms. The fourth-order valence-electron chi connectivity index (χ4n) is 1.58. The maximum absolute atomic E-state index is 12.7. The molecule has 0 amide bonds. The van der Waals surface area contributed by atoms with Gasteiger partial charge in [0, 0.05) is 6.20 Å². The molecule has 110 valence electrons. The van der Waals surface area contributed by atoms with Crippen molar-refractivity contribution in [2.24, 2.45) is 4.99 Å². The number of alkyl halides is 3. The predicted molar refractivity (Wildman–Crippen MR) is 75.4 cm³/mol. The molecular weight excluding hydrogens is 251 g/mol. The molecule has 0 aliphatic heterocycles. The summed E-state index contributed by atoms with van der Waals surface area (Å²) in [4.78, 5) is 3.64. The van der Waals surface area contributed by atoms with Gasteiger partial charge in [-0.3, -0.25) is 4.99 Å². The van der Waals surface area contributed by atoms with E-state index in [0.29, 0.717) is 6.42 Å². The Morgan fingerprint density at radius 3 is 2.16 bits per heavy atom. The zero-order chi connectivity index (χ0) is 14.7. The summed E-state index contributed by atoms with van der Waals surface area (Å²) in [5.74, 6) is 0. The van der Waals surface area contributed by atoms with Gasteiger partial charge in [-0.15, -0.1) is 0 Å². The van der Waals surface area contributed by atoms with Gasteiger partial charge in [0.15, 0.2) is 0 Å². The third-order valence-corrected chi connectivity index (χ3v) is 2.81. The highest BCUT2D eigenvalue weighted by atomic mass is 19.4. The lowest BCUT2D eigenvalue weighted by molar-refractivity contribution is -0.0605. The van der Waals surface area contributed by atoms with Gasteiger partial charge in [0.05, 0.1) is 0 Å². The maximum atomic E-state index is 12.7. The van der Waals surface area contributed by atoms with Crippen molar-refractivity contribution >= 4 is 5.71 Å². The lowest BCUT2D eigenvalue weighted by Gasteiger charge is -2.09. The Morgan fingerprint density at radius 2 is 1.68 bits per heavy atom. The largest absolute Gasteiger partial charge is 0.429 e. The molecule has 0 unspecified atom stereocenters. The second kappa shape index (κ2) is 9.82. The highest BCUT2D eigenvalue weighted by molar-refractivity contribution is 5.90. The van der Waals surface area contributed by atoms with Gasteiger partial charge >= 0.3 is 6.18 Å². The molecule has 0 heterocycles. The van der Waals surface area contributed by atoms with Gasteiger partial charge in [0.2, 0.25) is 0 Å². The van der Waals surface area contributed by atoms with E-state index in [2.05, 4.69) is 18.5 Å². The second-order valence-corrected chi connectivity index (χ2v) is 4.54. The molecule has 0 fully saturated rings. The first-order valence-electron chi connectivity index (χ1n) is 6.91. The molecule has 0 radical (unpaired) electrons. The van der Waals surface area contributed by atoms with Gasteiger partial charge in [-0.2, -0.15) is 13.2 Å².